The van der Waals surface area contributed by atoms with Crippen LogP contribution in [0.1, 0.15) is 32.4 Å². The van der Waals surface area contributed by atoms with Gasteiger partial charge in [-0.3, -0.25) is 10.1 Å². The second-order valence-corrected chi connectivity index (χ2v) is 4.90. The number of thioether (sulfide) groups is 1. The van der Waals surface area contributed by atoms with Gasteiger partial charge in [-0.25, -0.2) is 4.98 Å². The Labute approximate surface area is 111 Å². The Morgan fingerprint density at radius 2 is 2.06 bits per heavy atom. The van der Waals surface area contributed by atoms with Crippen molar-refractivity contribution in [2.24, 2.45) is 0 Å². The number of rotatable bonds is 7. The minimum atomic E-state index is -0.406. The first-order valence-corrected chi connectivity index (χ1v) is 6.98. The van der Waals surface area contributed by atoms with Crippen molar-refractivity contribution in [3.8, 4) is 0 Å². The second kappa shape index (κ2) is 7.15. The molecule has 1 heterocycles. The fraction of sp³-hybridized carbons (Fsp3) is 0.636. The maximum Gasteiger partial charge on any atom is 0.322 e. The third-order valence-electron chi connectivity index (χ3n) is 2.18. The highest BCUT2D eigenvalue weighted by Gasteiger charge is 2.21. The van der Waals surface area contributed by atoms with E-state index >= 15 is 0 Å². The first-order chi connectivity index (χ1) is 8.60. The van der Waals surface area contributed by atoms with Gasteiger partial charge in [-0.15, -0.1) is 0 Å². The molecule has 0 unspecified atom stereocenters. The van der Waals surface area contributed by atoms with E-state index < -0.39 is 4.92 Å². The van der Waals surface area contributed by atoms with Crippen LogP contribution in [0.2, 0.25) is 0 Å². The molecule has 1 aromatic rings. The number of aryl methyl sites for hydroxylation is 1. The van der Waals surface area contributed by atoms with E-state index in [0.29, 0.717) is 16.7 Å². The molecule has 0 atom stereocenters. The monoisotopic (exact) mass is 270 g/mol. The number of nitrogens with one attached hydrogen (secondary N) is 1. The van der Waals surface area contributed by atoms with Crippen molar-refractivity contribution < 1.29 is 4.92 Å². The highest BCUT2D eigenvalue weighted by molar-refractivity contribution is 7.99. The first kappa shape index (κ1) is 14.7. The largest absolute Gasteiger partial charge is 0.354 e. The maximum absolute atomic E-state index is 11.0. The Hall–Kier alpha value is -1.37. The van der Waals surface area contributed by atoms with Crippen LogP contribution >= 0.6 is 11.8 Å². The van der Waals surface area contributed by atoms with E-state index in [1.807, 2.05) is 13.8 Å². The van der Waals surface area contributed by atoms with Crippen LogP contribution in [-0.2, 0) is 0 Å². The summed E-state index contributed by atoms with van der Waals surface area (Å²) in [7, 11) is 0. The third-order valence-corrected chi connectivity index (χ3v) is 3.36. The van der Waals surface area contributed by atoms with Gasteiger partial charge in [-0.1, -0.05) is 25.6 Å². The smallest absolute Gasteiger partial charge is 0.322 e. The summed E-state index contributed by atoms with van der Waals surface area (Å²) < 4.78 is 0. The van der Waals surface area contributed by atoms with Gasteiger partial charge >= 0.3 is 5.69 Å². The summed E-state index contributed by atoms with van der Waals surface area (Å²) in [5, 5.41) is 14.5. The van der Waals surface area contributed by atoms with Crippen molar-refractivity contribution in [1.29, 1.82) is 0 Å². The van der Waals surface area contributed by atoms with Crippen LogP contribution in [0.5, 0.6) is 0 Å². The summed E-state index contributed by atoms with van der Waals surface area (Å²) in [5.41, 5.74) is 0.433. The van der Waals surface area contributed by atoms with Crippen LogP contribution < -0.4 is 5.32 Å². The summed E-state index contributed by atoms with van der Waals surface area (Å²) in [6.45, 7) is 6.48. The molecule has 0 fully saturated rings. The van der Waals surface area contributed by atoms with E-state index in [1.54, 1.807) is 6.92 Å². The highest BCUT2D eigenvalue weighted by Crippen LogP contribution is 2.30. The topological polar surface area (TPSA) is 81.0 Å². The van der Waals surface area contributed by atoms with Crippen LogP contribution in [0, 0.1) is 17.0 Å². The minimum Gasteiger partial charge on any atom is -0.354 e. The van der Waals surface area contributed by atoms with Crippen molar-refractivity contribution >= 4 is 23.4 Å². The molecule has 0 aliphatic heterocycles. The van der Waals surface area contributed by atoms with E-state index in [9.17, 15) is 10.1 Å². The maximum atomic E-state index is 11.0. The molecule has 0 aliphatic carbocycles. The van der Waals surface area contributed by atoms with E-state index in [1.165, 1.54) is 11.8 Å². The zero-order valence-corrected chi connectivity index (χ0v) is 11.7. The normalized spacial score (nSPS) is 10.4. The quantitative estimate of drug-likeness (QED) is 0.355. The predicted molar refractivity (Wildman–Crippen MR) is 73.2 cm³/mol. The Morgan fingerprint density at radius 1 is 1.33 bits per heavy atom. The Kier molecular flexibility index (Phi) is 5.84. The van der Waals surface area contributed by atoms with Gasteiger partial charge in [-0.05, 0) is 25.5 Å². The van der Waals surface area contributed by atoms with Gasteiger partial charge < -0.3 is 5.32 Å². The fourth-order valence-corrected chi connectivity index (χ4v) is 2.27. The summed E-state index contributed by atoms with van der Waals surface area (Å²) in [6.07, 6.45) is 1.90. The van der Waals surface area contributed by atoms with Gasteiger partial charge in [0.15, 0.2) is 5.03 Å². The van der Waals surface area contributed by atoms with Crippen LogP contribution in [-0.4, -0.2) is 27.2 Å². The van der Waals surface area contributed by atoms with Crippen molar-refractivity contribution in [3.05, 3.63) is 15.8 Å². The lowest BCUT2D eigenvalue weighted by Crippen LogP contribution is -2.08. The van der Waals surface area contributed by atoms with Gasteiger partial charge in [0.2, 0.25) is 5.95 Å². The zero-order chi connectivity index (χ0) is 13.5. The molecule has 1 N–H and O–H groups in total. The molecule has 0 saturated heterocycles. The van der Waals surface area contributed by atoms with E-state index in [4.69, 9.17) is 0 Å². The molecule has 1 rings (SSSR count). The molecular weight excluding hydrogens is 252 g/mol. The Balaban J connectivity index is 3.06. The molecule has 100 valence electrons. The number of nitrogens with zero attached hydrogens (tertiary/aromatic N) is 3. The molecule has 18 heavy (non-hydrogen) atoms. The molecule has 0 radical (unpaired) electrons. The van der Waals surface area contributed by atoms with Gasteiger partial charge in [0.05, 0.1) is 4.92 Å². The van der Waals surface area contributed by atoms with E-state index in [-0.39, 0.29) is 5.69 Å². The predicted octanol–water partition coefficient (Wildman–Crippen LogP) is 3.02. The van der Waals surface area contributed by atoms with E-state index in [2.05, 4.69) is 15.3 Å². The number of aromatic nitrogens is 2. The van der Waals surface area contributed by atoms with Crippen molar-refractivity contribution in [2.75, 3.05) is 17.6 Å². The third kappa shape index (κ3) is 3.83. The SMILES string of the molecule is CCCNc1nc(C)c([N+](=O)[O-])c(SCCC)n1. The molecule has 0 aliphatic rings. The summed E-state index contributed by atoms with van der Waals surface area (Å²) in [4.78, 5) is 19.0. The van der Waals surface area contributed by atoms with Crippen LogP contribution in [0.3, 0.4) is 0 Å². The van der Waals surface area contributed by atoms with Gasteiger partial charge in [-0.2, -0.15) is 4.98 Å². The average Bonchev–Trinajstić information content (AvgIpc) is 2.32. The van der Waals surface area contributed by atoms with Crippen molar-refractivity contribution in [2.45, 2.75) is 38.6 Å². The molecular formula is C11H18N4O2S. The minimum absolute atomic E-state index is 0.0236. The molecule has 0 aromatic carbocycles. The lowest BCUT2D eigenvalue weighted by molar-refractivity contribution is -0.389. The van der Waals surface area contributed by atoms with Crippen LogP contribution in [0.4, 0.5) is 11.6 Å². The van der Waals surface area contributed by atoms with Crippen molar-refractivity contribution in [3.63, 3.8) is 0 Å². The Morgan fingerprint density at radius 3 is 2.61 bits per heavy atom. The average molecular weight is 270 g/mol. The first-order valence-electron chi connectivity index (χ1n) is 5.99. The molecule has 7 heteroatoms. The Bertz CT molecular complexity index is 426. The molecule has 1 aromatic heterocycles. The molecule has 0 bridgehead atoms. The summed E-state index contributed by atoms with van der Waals surface area (Å²) >= 11 is 1.40. The van der Waals surface area contributed by atoms with Gasteiger partial charge in [0, 0.05) is 6.54 Å². The summed E-state index contributed by atoms with van der Waals surface area (Å²) in [5.74, 6) is 1.28. The second-order valence-electron chi connectivity index (χ2n) is 3.82. The molecule has 0 saturated carbocycles. The molecule has 6 nitrogen and oxygen atoms in total. The van der Waals surface area contributed by atoms with Crippen LogP contribution in [0.25, 0.3) is 0 Å². The number of hydrogen-bond acceptors (Lipinski definition) is 6. The van der Waals surface area contributed by atoms with Gasteiger partial charge in [0.25, 0.3) is 0 Å². The van der Waals surface area contributed by atoms with Gasteiger partial charge in [0.1, 0.15) is 5.69 Å². The lowest BCUT2D eigenvalue weighted by atomic mass is 10.4. The number of hydrogen-bond donors (Lipinski definition) is 1. The number of nitro groups is 1. The van der Waals surface area contributed by atoms with Crippen LogP contribution in [0.15, 0.2) is 5.03 Å². The van der Waals surface area contributed by atoms with Crippen molar-refractivity contribution in [1.82, 2.24) is 9.97 Å². The number of anilines is 1. The lowest BCUT2D eigenvalue weighted by Gasteiger charge is -2.07. The summed E-state index contributed by atoms with van der Waals surface area (Å²) in [6, 6.07) is 0. The molecule has 0 amide bonds. The molecule has 0 spiro atoms. The fourth-order valence-electron chi connectivity index (χ4n) is 1.37. The standard InChI is InChI=1S/C11H18N4O2S/c1-4-6-12-11-13-8(3)9(15(16)17)10(14-11)18-7-5-2/h4-7H2,1-3H3,(H,12,13,14). The van der Waals surface area contributed by atoms with E-state index in [0.717, 1.165) is 25.1 Å². The highest BCUT2D eigenvalue weighted by atomic mass is 32.2. The zero-order valence-electron chi connectivity index (χ0n) is 10.9.